The van der Waals surface area contributed by atoms with Crippen LogP contribution in [0.2, 0.25) is 0 Å². The highest BCUT2D eigenvalue weighted by molar-refractivity contribution is 6.24. The van der Waals surface area contributed by atoms with Crippen molar-refractivity contribution in [3.8, 4) is 0 Å². The van der Waals surface area contributed by atoms with Crippen molar-refractivity contribution in [3.63, 3.8) is 0 Å². The van der Waals surface area contributed by atoms with Crippen LogP contribution in [-0.4, -0.2) is 52.8 Å². The molecule has 3 heterocycles. The van der Waals surface area contributed by atoms with Gasteiger partial charge in [0.05, 0.1) is 23.7 Å². The van der Waals surface area contributed by atoms with E-state index >= 15 is 0 Å². The Morgan fingerprint density at radius 2 is 1.53 bits per heavy atom. The standard InChI is InChI=1S/C24H33N3O3/c1-6-7-9-14-16-17-18(19-22(30)25(5)23(27(16)19)24(2,3)4)21(29)26(20(17)28)15-12-10-8-11-13-15/h8,10-13,16-19,23H,6-7,9,14H2,1-5H3/t16-,17-,18-,19+,23+/m0/s1. The van der Waals surface area contributed by atoms with Crippen molar-refractivity contribution in [3.05, 3.63) is 30.3 Å². The number of likely N-dealkylation sites (N-methyl/N-ethyl adjacent to an activating group) is 1. The Bertz CT molecular complexity index is 847. The summed E-state index contributed by atoms with van der Waals surface area (Å²) in [5.74, 6) is -1.43. The molecule has 1 aromatic rings. The van der Waals surface area contributed by atoms with Crippen molar-refractivity contribution in [1.82, 2.24) is 9.80 Å². The molecular weight excluding hydrogens is 378 g/mol. The monoisotopic (exact) mass is 411 g/mol. The van der Waals surface area contributed by atoms with Gasteiger partial charge in [0.15, 0.2) is 0 Å². The Labute approximate surface area is 179 Å². The summed E-state index contributed by atoms with van der Waals surface area (Å²) in [5, 5.41) is 0. The Hall–Kier alpha value is -2.21. The van der Waals surface area contributed by atoms with Crippen LogP contribution in [0.3, 0.4) is 0 Å². The molecule has 0 aromatic heterocycles. The van der Waals surface area contributed by atoms with E-state index in [1.807, 2.05) is 25.2 Å². The number of unbranched alkanes of at least 4 members (excludes halogenated alkanes) is 2. The first-order valence-electron chi connectivity index (χ1n) is 11.2. The van der Waals surface area contributed by atoms with Crippen LogP contribution in [0.4, 0.5) is 5.69 Å². The highest BCUT2D eigenvalue weighted by Gasteiger charge is 2.69. The summed E-state index contributed by atoms with van der Waals surface area (Å²) < 4.78 is 0. The van der Waals surface area contributed by atoms with Crippen molar-refractivity contribution in [2.24, 2.45) is 17.3 Å². The minimum absolute atomic E-state index is 0.0287. The van der Waals surface area contributed by atoms with Crippen LogP contribution in [0.15, 0.2) is 30.3 Å². The Morgan fingerprint density at radius 3 is 2.13 bits per heavy atom. The lowest BCUT2D eigenvalue weighted by Gasteiger charge is -2.41. The molecule has 0 bridgehead atoms. The second kappa shape index (κ2) is 7.49. The number of rotatable bonds is 5. The summed E-state index contributed by atoms with van der Waals surface area (Å²) in [7, 11) is 1.84. The maximum Gasteiger partial charge on any atom is 0.241 e. The van der Waals surface area contributed by atoms with Gasteiger partial charge in [-0.25, -0.2) is 4.90 Å². The number of carbonyl (C=O) groups is 3. The van der Waals surface area contributed by atoms with Gasteiger partial charge in [0.2, 0.25) is 17.7 Å². The average molecular weight is 412 g/mol. The number of hydrogen-bond acceptors (Lipinski definition) is 4. The summed E-state index contributed by atoms with van der Waals surface area (Å²) in [6.45, 7) is 8.54. The molecule has 3 aliphatic rings. The lowest BCUT2D eigenvalue weighted by atomic mass is 9.85. The van der Waals surface area contributed by atoms with Crippen LogP contribution in [0.5, 0.6) is 0 Å². The van der Waals surface area contributed by atoms with E-state index in [0.29, 0.717) is 5.69 Å². The molecule has 3 amide bonds. The predicted octanol–water partition coefficient (Wildman–Crippen LogP) is 3.27. The maximum absolute atomic E-state index is 13.6. The minimum Gasteiger partial charge on any atom is -0.328 e. The van der Waals surface area contributed by atoms with Crippen LogP contribution < -0.4 is 4.90 Å². The summed E-state index contributed by atoms with van der Waals surface area (Å²) in [4.78, 5) is 45.8. The van der Waals surface area contributed by atoms with Gasteiger partial charge in [-0.3, -0.25) is 19.3 Å². The van der Waals surface area contributed by atoms with E-state index < -0.39 is 17.9 Å². The third-order valence-electron chi connectivity index (χ3n) is 7.00. The topological polar surface area (TPSA) is 60.9 Å². The van der Waals surface area contributed by atoms with Gasteiger partial charge < -0.3 is 4.90 Å². The molecule has 30 heavy (non-hydrogen) atoms. The van der Waals surface area contributed by atoms with E-state index in [-0.39, 0.29) is 35.3 Å². The first kappa shape index (κ1) is 21.0. The number of imide groups is 1. The van der Waals surface area contributed by atoms with E-state index in [4.69, 9.17) is 0 Å². The number of benzene rings is 1. The van der Waals surface area contributed by atoms with E-state index in [9.17, 15) is 14.4 Å². The fraction of sp³-hybridized carbons (Fsp3) is 0.625. The molecule has 162 valence electrons. The lowest BCUT2D eigenvalue weighted by Crippen LogP contribution is -2.52. The van der Waals surface area contributed by atoms with Gasteiger partial charge in [-0.1, -0.05) is 65.2 Å². The highest BCUT2D eigenvalue weighted by atomic mass is 16.2. The third-order valence-corrected chi connectivity index (χ3v) is 7.00. The first-order valence-corrected chi connectivity index (χ1v) is 11.2. The second-order valence-corrected chi connectivity index (χ2v) is 10.0. The number of para-hydroxylation sites is 1. The summed E-state index contributed by atoms with van der Waals surface area (Å²) >= 11 is 0. The molecule has 3 saturated heterocycles. The zero-order chi connectivity index (χ0) is 21.8. The molecule has 6 nitrogen and oxygen atoms in total. The summed E-state index contributed by atoms with van der Waals surface area (Å²) in [6, 6.07) is 8.49. The largest absolute Gasteiger partial charge is 0.328 e. The Kier molecular flexibility index (Phi) is 5.25. The number of hydrogen-bond donors (Lipinski definition) is 0. The molecule has 0 radical (unpaired) electrons. The number of nitrogens with zero attached hydrogens (tertiary/aromatic N) is 3. The zero-order valence-corrected chi connectivity index (χ0v) is 18.7. The fourth-order valence-corrected chi connectivity index (χ4v) is 5.96. The minimum atomic E-state index is -0.591. The average Bonchev–Trinajstić information content (AvgIpc) is 3.24. The molecule has 6 heteroatoms. The molecule has 5 atom stereocenters. The number of amides is 3. The van der Waals surface area contributed by atoms with Gasteiger partial charge in [0.25, 0.3) is 0 Å². The van der Waals surface area contributed by atoms with E-state index in [0.717, 1.165) is 25.7 Å². The molecule has 0 unspecified atom stereocenters. The molecule has 0 saturated carbocycles. The van der Waals surface area contributed by atoms with Gasteiger partial charge in [0.1, 0.15) is 6.04 Å². The molecule has 3 aliphatic heterocycles. The van der Waals surface area contributed by atoms with Crippen molar-refractivity contribution < 1.29 is 14.4 Å². The molecule has 3 fully saturated rings. The predicted molar refractivity (Wildman–Crippen MR) is 115 cm³/mol. The smallest absolute Gasteiger partial charge is 0.241 e. The normalized spacial score (nSPS) is 31.6. The molecule has 1 aromatic carbocycles. The van der Waals surface area contributed by atoms with Crippen molar-refractivity contribution in [2.75, 3.05) is 11.9 Å². The van der Waals surface area contributed by atoms with Gasteiger partial charge in [-0.05, 0) is 24.0 Å². The zero-order valence-electron chi connectivity index (χ0n) is 18.7. The quantitative estimate of drug-likeness (QED) is 0.551. The van der Waals surface area contributed by atoms with Crippen LogP contribution >= 0.6 is 0 Å². The van der Waals surface area contributed by atoms with Gasteiger partial charge in [-0.2, -0.15) is 0 Å². The highest BCUT2D eigenvalue weighted by Crippen LogP contribution is 2.52. The Balaban J connectivity index is 1.76. The van der Waals surface area contributed by atoms with Crippen molar-refractivity contribution >= 4 is 23.4 Å². The molecule has 0 aliphatic carbocycles. The summed E-state index contributed by atoms with van der Waals surface area (Å²) in [5.41, 5.74) is 0.429. The van der Waals surface area contributed by atoms with Crippen molar-refractivity contribution in [1.29, 1.82) is 0 Å². The maximum atomic E-state index is 13.6. The molecular formula is C24H33N3O3. The van der Waals surface area contributed by atoms with Crippen molar-refractivity contribution in [2.45, 2.75) is 71.6 Å². The first-order chi connectivity index (χ1) is 14.2. The van der Waals surface area contributed by atoms with Crippen LogP contribution in [0, 0.1) is 17.3 Å². The second-order valence-electron chi connectivity index (χ2n) is 10.0. The van der Waals surface area contributed by atoms with Gasteiger partial charge in [-0.15, -0.1) is 0 Å². The van der Waals surface area contributed by atoms with Crippen LogP contribution in [0.1, 0.15) is 53.4 Å². The van der Waals surface area contributed by atoms with E-state index in [1.165, 1.54) is 4.90 Å². The fourth-order valence-electron chi connectivity index (χ4n) is 5.96. The number of anilines is 1. The number of carbonyl (C=O) groups excluding carboxylic acids is 3. The molecule has 0 spiro atoms. The number of fused-ring (bicyclic) bond motifs is 3. The summed E-state index contributed by atoms with van der Waals surface area (Å²) in [6.07, 6.45) is 3.89. The van der Waals surface area contributed by atoms with Crippen LogP contribution in [-0.2, 0) is 14.4 Å². The third kappa shape index (κ3) is 2.99. The molecule has 4 rings (SSSR count). The lowest BCUT2D eigenvalue weighted by molar-refractivity contribution is -0.133. The van der Waals surface area contributed by atoms with Crippen LogP contribution in [0.25, 0.3) is 0 Å². The van der Waals surface area contributed by atoms with E-state index in [2.05, 4.69) is 32.6 Å². The van der Waals surface area contributed by atoms with Gasteiger partial charge >= 0.3 is 0 Å². The SMILES string of the molecule is CCCCC[C@H]1[C@@H]2C(=O)N(c3ccccc3)C(=O)[C@@H]2[C@@H]2C(=O)N(C)[C@@H](C(C)(C)C)N12. The Morgan fingerprint density at radius 1 is 0.900 bits per heavy atom. The van der Waals surface area contributed by atoms with Gasteiger partial charge in [0, 0.05) is 13.1 Å². The molecule has 0 N–H and O–H groups in total. The van der Waals surface area contributed by atoms with E-state index in [1.54, 1.807) is 17.0 Å².